The zero-order chi connectivity index (χ0) is 19.4. The molecule has 1 fully saturated rings. The standard InChI is InChI=1S/C19H27N3O4S/c1-14-7-4-5-8-16(14)9-6-12-22(27(3,23)24)13-17-10-11-18(25-17)19-20-15(2)21-26-19/h4-5,7-8,17-18H,6,9-13H2,1-3H3/t17-,18+/m1/s1. The molecule has 2 heterocycles. The Morgan fingerprint density at radius 1 is 1.22 bits per heavy atom. The van der Waals surface area contributed by atoms with Crippen molar-refractivity contribution in [3.63, 3.8) is 0 Å². The van der Waals surface area contributed by atoms with Gasteiger partial charge in [0.25, 0.3) is 5.89 Å². The highest BCUT2D eigenvalue weighted by Crippen LogP contribution is 2.32. The van der Waals surface area contributed by atoms with Crippen LogP contribution in [0.5, 0.6) is 0 Å². The molecule has 1 aliphatic rings. The van der Waals surface area contributed by atoms with E-state index in [1.54, 1.807) is 6.92 Å². The van der Waals surface area contributed by atoms with Gasteiger partial charge in [-0.2, -0.15) is 9.29 Å². The topological polar surface area (TPSA) is 85.5 Å². The summed E-state index contributed by atoms with van der Waals surface area (Å²) in [6, 6.07) is 8.20. The first-order valence-corrected chi connectivity index (χ1v) is 11.1. The van der Waals surface area contributed by atoms with E-state index in [2.05, 4.69) is 29.2 Å². The van der Waals surface area contributed by atoms with Crippen LogP contribution in [0.25, 0.3) is 0 Å². The average Bonchev–Trinajstić information content (AvgIpc) is 3.23. The fourth-order valence-corrected chi connectivity index (χ4v) is 4.32. The van der Waals surface area contributed by atoms with E-state index >= 15 is 0 Å². The van der Waals surface area contributed by atoms with Crippen LogP contribution in [0.2, 0.25) is 0 Å². The Balaban J connectivity index is 1.55. The molecule has 0 radical (unpaired) electrons. The molecule has 0 amide bonds. The normalized spacial score (nSPS) is 20.4. The fourth-order valence-electron chi connectivity index (χ4n) is 3.42. The molecule has 2 aromatic rings. The number of rotatable bonds is 8. The lowest BCUT2D eigenvalue weighted by molar-refractivity contribution is 0.0178. The van der Waals surface area contributed by atoms with Crippen molar-refractivity contribution in [2.24, 2.45) is 0 Å². The molecular formula is C19H27N3O4S. The maximum Gasteiger partial charge on any atom is 0.255 e. The average molecular weight is 394 g/mol. The summed E-state index contributed by atoms with van der Waals surface area (Å²) in [6.45, 7) is 4.68. The number of hydrogen-bond acceptors (Lipinski definition) is 6. The van der Waals surface area contributed by atoms with Gasteiger partial charge < -0.3 is 9.26 Å². The third kappa shape index (κ3) is 5.37. The summed E-state index contributed by atoms with van der Waals surface area (Å²) in [5.74, 6) is 1.05. The second-order valence-electron chi connectivity index (χ2n) is 7.15. The Morgan fingerprint density at radius 2 is 2.00 bits per heavy atom. The molecule has 0 saturated carbocycles. The lowest BCUT2D eigenvalue weighted by Crippen LogP contribution is -2.37. The molecule has 0 spiro atoms. The SMILES string of the molecule is Cc1noc([C@@H]2CC[C@H](CN(CCCc3ccccc3C)S(C)(=O)=O)O2)n1. The number of aryl methyl sites for hydroxylation is 3. The van der Waals surface area contributed by atoms with Crippen molar-refractivity contribution in [2.45, 2.75) is 51.7 Å². The Morgan fingerprint density at radius 3 is 2.67 bits per heavy atom. The van der Waals surface area contributed by atoms with E-state index in [0.29, 0.717) is 24.8 Å². The van der Waals surface area contributed by atoms with Crippen LogP contribution in [-0.2, 0) is 21.2 Å². The Kier molecular flexibility index (Phi) is 6.29. The van der Waals surface area contributed by atoms with Crippen LogP contribution in [0, 0.1) is 13.8 Å². The monoisotopic (exact) mass is 393 g/mol. The van der Waals surface area contributed by atoms with E-state index in [1.165, 1.54) is 21.7 Å². The van der Waals surface area contributed by atoms with Crippen molar-refractivity contribution in [1.82, 2.24) is 14.4 Å². The van der Waals surface area contributed by atoms with Gasteiger partial charge >= 0.3 is 0 Å². The summed E-state index contributed by atoms with van der Waals surface area (Å²) < 4.78 is 37.1. The summed E-state index contributed by atoms with van der Waals surface area (Å²) >= 11 is 0. The van der Waals surface area contributed by atoms with Crippen LogP contribution in [0.15, 0.2) is 28.8 Å². The molecular weight excluding hydrogens is 366 g/mol. The van der Waals surface area contributed by atoms with Crippen LogP contribution in [0.3, 0.4) is 0 Å². The molecule has 1 saturated heterocycles. The Hall–Kier alpha value is -1.77. The van der Waals surface area contributed by atoms with Gasteiger partial charge in [-0.1, -0.05) is 29.4 Å². The molecule has 1 aliphatic heterocycles. The van der Waals surface area contributed by atoms with Crippen LogP contribution in [-0.4, -0.2) is 48.3 Å². The number of benzene rings is 1. The molecule has 1 aromatic heterocycles. The summed E-state index contributed by atoms with van der Waals surface area (Å²) in [5.41, 5.74) is 2.50. The first-order chi connectivity index (χ1) is 12.8. The second kappa shape index (κ2) is 8.50. The van der Waals surface area contributed by atoms with Gasteiger partial charge in [-0.3, -0.25) is 0 Å². The van der Waals surface area contributed by atoms with Crippen molar-refractivity contribution in [1.29, 1.82) is 0 Å². The molecule has 148 valence electrons. The minimum atomic E-state index is -3.29. The molecule has 0 unspecified atom stereocenters. The van der Waals surface area contributed by atoms with Gasteiger partial charge in [0.15, 0.2) is 5.82 Å². The number of hydrogen-bond donors (Lipinski definition) is 0. The fraction of sp³-hybridized carbons (Fsp3) is 0.579. The first-order valence-electron chi connectivity index (χ1n) is 9.28. The van der Waals surface area contributed by atoms with Gasteiger partial charge in [0.05, 0.1) is 12.4 Å². The summed E-state index contributed by atoms with van der Waals surface area (Å²) in [5, 5.41) is 3.79. The number of nitrogens with zero attached hydrogens (tertiary/aromatic N) is 3. The van der Waals surface area contributed by atoms with Gasteiger partial charge in [-0.15, -0.1) is 0 Å². The lowest BCUT2D eigenvalue weighted by atomic mass is 10.0. The van der Waals surface area contributed by atoms with Crippen molar-refractivity contribution < 1.29 is 17.7 Å². The van der Waals surface area contributed by atoms with Crippen LogP contribution in [0.4, 0.5) is 0 Å². The highest BCUT2D eigenvalue weighted by atomic mass is 32.2. The van der Waals surface area contributed by atoms with E-state index in [1.807, 2.05) is 12.1 Å². The summed E-state index contributed by atoms with van der Waals surface area (Å²) in [4.78, 5) is 4.21. The molecule has 8 heteroatoms. The van der Waals surface area contributed by atoms with Gasteiger partial charge in [0.1, 0.15) is 6.10 Å². The molecule has 3 rings (SSSR count). The van der Waals surface area contributed by atoms with E-state index in [9.17, 15) is 8.42 Å². The zero-order valence-corrected chi connectivity index (χ0v) is 16.9. The summed E-state index contributed by atoms with van der Waals surface area (Å²) in [7, 11) is -3.29. The van der Waals surface area contributed by atoms with E-state index < -0.39 is 10.0 Å². The van der Waals surface area contributed by atoms with Crippen molar-refractivity contribution in [2.75, 3.05) is 19.3 Å². The molecule has 7 nitrogen and oxygen atoms in total. The van der Waals surface area contributed by atoms with Crippen LogP contribution in [0.1, 0.15) is 48.2 Å². The Bertz CT molecular complexity index is 865. The second-order valence-corrected chi connectivity index (χ2v) is 9.14. The van der Waals surface area contributed by atoms with Gasteiger partial charge in [-0.25, -0.2) is 8.42 Å². The quantitative estimate of drug-likeness (QED) is 0.685. The zero-order valence-electron chi connectivity index (χ0n) is 16.1. The molecule has 0 N–H and O–H groups in total. The highest BCUT2D eigenvalue weighted by Gasteiger charge is 2.33. The van der Waals surface area contributed by atoms with Crippen LogP contribution < -0.4 is 0 Å². The predicted octanol–water partition coefficient (Wildman–Crippen LogP) is 2.80. The maximum absolute atomic E-state index is 12.2. The van der Waals surface area contributed by atoms with Crippen LogP contribution >= 0.6 is 0 Å². The van der Waals surface area contributed by atoms with Crippen molar-refractivity contribution in [3.8, 4) is 0 Å². The molecule has 0 aliphatic carbocycles. The van der Waals surface area contributed by atoms with E-state index in [0.717, 1.165) is 25.7 Å². The molecule has 2 atom stereocenters. The predicted molar refractivity (Wildman–Crippen MR) is 102 cm³/mol. The largest absolute Gasteiger partial charge is 0.364 e. The highest BCUT2D eigenvalue weighted by molar-refractivity contribution is 7.88. The number of ether oxygens (including phenoxy) is 1. The smallest absolute Gasteiger partial charge is 0.255 e. The molecule has 0 bridgehead atoms. The third-order valence-electron chi connectivity index (χ3n) is 4.92. The minimum Gasteiger partial charge on any atom is -0.364 e. The number of aromatic nitrogens is 2. The third-order valence-corrected chi connectivity index (χ3v) is 6.19. The molecule has 27 heavy (non-hydrogen) atoms. The van der Waals surface area contributed by atoms with E-state index in [4.69, 9.17) is 9.26 Å². The van der Waals surface area contributed by atoms with Crippen molar-refractivity contribution >= 4 is 10.0 Å². The van der Waals surface area contributed by atoms with Crippen molar-refractivity contribution in [3.05, 3.63) is 47.1 Å². The van der Waals surface area contributed by atoms with E-state index in [-0.39, 0.29) is 12.2 Å². The first kappa shape index (κ1) is 20.0. The summed E-state index contributed by atoms with van der Waals surface area (Å²) in [6.07, 6.45) is 4.02. The van der Waals surface area contributed by atoms with Gasteiger partial charge in [0, 0.05) is 13.1 Å². The minimum absolute atomic E-state index is 0.157. The number of sulfonamides is 1. The Labute approximate surface area is 160 Å². The lowest BCUT2D eigenvalue weighted by Gasteiger charge is -2.23. The molecule has 1 aromatic carbocycles. The van der Waals surface area contributed by atoms with Gasteiger partial charge in [-0.05, 0) is 50.7 Å². The van der Waals surface area contributed by atoms with Gasteiger partial charge in [0.2, 0.25) is 10.0 Å². The maximum atomic E-state index is 12.2.